The average molecular weight is 289 g/mol. The van der Waals surface area contributed by atoms with Crippen LogP contribution in [0.25, 0.3) is 0 Å². The lowest BCUT2D eigenvalue weighted by molar-refractivity contribution is -0.142. The summed E-state index contributed by atoms with van der Waals surface area (Å²) in [5.74, 6) is -0.965. The molecule has 0 bridgehead atoms. The van der Waals surface area contributed by atoms with E-state index < -0.39 is 42.9 Å². The summed E-state index contributed by atoms with van der Waals surface area (Å²) in [6, 6.07) is 0.442. The molecular formula is C9H9F6N3O. The van der Waals surface area contributed by atoms with E-state index in [1.807, 2.05) is 0 Å². The minimum atomic E-state index is -4.74. The Bertz CT molecular complexity index is 431. The molecule has 1 rings (SSSR count). The molecule has 1 N–H and O–H groups in total. The van der Waals surface area contributed by atoms with E-state index in [4.69, 9.17) is 0 Å². The second kappa shape index (κ2) is 5.49. The van der Waals surface area contributed by atoms with E-state index in [0.29, 0.717) is 6.07 Å². The first-order chi connectivity index (χ1) is 8.62. The number of anilines is 1. The molecule has 1 aromatic rings. The Kier molecular flexibility index (Phi) is 4.43. The summed E-state index contributed by atoms with van der Waals surface area (Å²) >= 11 is 0. The lowest BCUT2D eigenvalue weighted by atomic mass is 10.4. The van der Waals surface area contributed by atoms with Crippen molar-refractivity contribution in [1.82, 2.24) is 9.97 Å². The maximum Gasteiger partial charge on any atom is 0.433 e. The molecule has 0 saturated heterocycles. The molecule has 1 heterocycles. The zero-order valence-corrected chi connectivity index (χ0v) is 9.56. The number of nitrogens with zero attached hydrogens (tertiary/aromatic N) is 2. The Morgan fingerprint density at radius 1 is 1.16 bits per heavy atom. The smallest absolute Gasteiger partial charge is 0.433 e. The highest BCUT2D eigenvalue weighted by molar-refractivity contribution is 5.31. The first-order valence-electron chi connectivity index (χ1n) is 4.95. The van der Waals surface area contributed by atoms with Crippen LogP contribution in [0.1, 0.15) is 12.1 Å². The van der Waals surface area contributed by atoms with Crippen LogP contribution >= 0.6 is 0 Å². The van der Waals surface area contributed by atoms with Gasteiger partial charge in [0.25, 0.3) is 0 Å². The monoisotopic (exact) mass is 289 g/mol. The van der Waals surface area contributed by atoms with Gasteiger partial charge in [0.2, 0.25) is 11.8 Å². The van der Waals surface area contributed by atoms with Crippen molar-refractivity contribution in [2.24, 2.45) is 0 Å². The molecule has 0 aliphatic heterocycles. The minimum absolute atomic E-state index is 0.392. The predicted molar refractivity (Wildman–Crippen MR) is 52.7 cm³/mol. The summed E-state index contributed by atoms with van der Waals surface area (Å²) in [5, 5.41) is 2.26. The van der Waals surface area contributed by atoms with Crippen LogP contribution in [0.15, 0.2) is 6.07 Å². The highest BCUT2D eigenvalue weighted by Crippen LogP contribution is 2.30. The van der Waals surface area contributed by atoms with Crippen LogP contribution in [0, 0.1) is 0 Å². The number of hydrogen-bond acceptors (Lipinski definition) is 4. The fourth-order valence-electron chi connectivity index (χ4n) is 1.03. The van der Waals surface area contributed by atoms with Crippen molar-refractivity contribution in [3.63, 3.8) is 0 Å². The van der Waals surface area contributed by atoms with Gasteiger partial charge in [-0.1, -0.05) is 0 Å². The van der Waals surface area contributed by atoms with Crippen molar-refractivity contribution in [1.29, 1.82) is 0 Å². The number of hydrogen-bond donors (Lipinski definition) is 1. The van der Waals surface area contributed by atoms with Gasteiger partial charge in [0.15, 0.2) is 5.69 Å². The van der Waals surface area contributed by atoms with Gasteiger partial charge in [0, 0.05) is 13.1 Å². The topological polar surface area (TPSA) is 47.0 Å². The van der Waals surface area contributed by atoms with Crippen LogP contribution in [0.2, 0.25) is 0 Å². The summed E-state index contributed by atoms with van der Waals surface area (Å²) < 4.78 is 77.5. The van der Waals surface area contributed by atoms with Crippen LogP contribution in [-0.4, -0.2) is 29.8 Å². The third-order valence-corrected chi connectivity index (χ3v) is 1.85. The SMILES string of the molecule is CNc1nc(OCCC(F)(F)F)cc(C(F)(F)F)n1. The molecule has 108 valence electrons. The van der Waals surface area contributed by atoms with E-state index >= 15 is 0 Å². The van der Waals surface area contributed by atoms with Gasteiger partial charge in [-0.25, -0.2) is 4.98 Å². The zero-order chi connectivity index (χ0) is 14.7. The molecule has 1 aromatic heterocycles. The minimum Gasteiger partial charge on any atom is -0.477 e. The molecule has 19 heavy (non-hydrogen) atoms. The van der Waals surface area contributed by atoms with Crippen molar-refractivity contribution in [3.05, 3.63) is 11.8 Å². The van der Waals surface area contributed by atoms with Crippen molar-refractivity contribution < 1.29 is 31.1 Å². The zero-order valence-electron chi connectivity index (χ0n) is 9.56. The van der Waals surface area contributed by atoms with Crippen LogP contribution in [0.4, 0.5) is 32.3 Å². The quantitative estimate of drug-likeness (QED) is 0.866. The second-order valence-corrected chi connectivity index (χ2v) is 3.38. The van der Waals surface area contributed by atoms with Gasteiger partial charge in [-0.15, -0.1) is 0 Å². The lowest BCUT2D eigenvalue weighted by Crippen LogP contribution is -2.15. The maximum atomic E-state index is 12.4. The van der Waals surface area contributed by atoms with Gasteiger partial charge < -0.3 is 10.1 Å². The maximum absolute atomic E-state index is 12.4. The normalized spacial score (nSPS) is 12.4. The molecule has 0 saturated carbocycles. The van der Waals surface area contributed by atoms with E-state index in [0.717, 1.165) is 0 Å². The number of rotatable bonds is 4. The van der Waals surface area contributed by atoms with Gasteiger partial charge in [-0.2, -0.15) is 31.3 Å². The standard InChI is InChI=1S/C9H9F6N3O/c1-16-7-17-5(9(13,14)15)4-6(18-7)19-3-2-8(10,11)12/h4H,2-3H2,1H3,(H,16,17,18). The highest BCUT2D eigenvalue weighted by atomic mass is 19.4. The molecule has 0 aliphatic rings. The van der Waals surface area contributed by atoms with E-state index in [9.17, 15) is 26.3 Å². The van der Waals surface area contributed by atoms with Crippen molar-refractivity contribution in [2.75, 3.05) is 19.0 Å². The summed E-state index contributed by atoms with van der Waals surface area (Å²) in [6.07, 6.45) is -10.5. The Balaban J connectivity index is 2.83. The van der Waals surface area contributed by atoms with E-state index in [1.54, 1.807) is 0 Å². The molecule has 0 fully saturated rings. The summed E-state index contributed by atoms with van der Waals surface area (Å²) in [4.78, 5) is 6.60. The molecule has 0 spiro atoms. The largest absolute Gasteiger partial charge is 0.477 e. The third kappa shape index (κ3) is 5.18. The Morgan fingerprint density at radius 2 is 1.79 bits per heavy atom. The van der Waals surface area contributed by atoms with E-state index in [2.05, 4.69) is 20.0 Å². The summed E-state index contributed by atoms with van der Waals surface area (Å²) in [5.41, 5.74) is -1.30. The van der Waals surface area contributed by atoms with Crippen molar-refractivity contribution in [2.45, 2.75) is 18.8 Å². The van der Waals surface area contributed by atoms with E-state index in [-0.39, 0.29) is 0 Å². The van der Waals surface area contributed by atoms with Crippen LogP contribution in [0.5, 0.6) is 5.88 Å². The Hall–Kier alpha value is -1.74. The van der Waals surface area contributed by atoms with Crippen molar-refractivity contribution >= 4 is 5.95 Å². The lowest BCUT2D eigenvalue weighted by Gasteiger charge is -2.11. The van der Waals surface area contributed by atoms with Gasteiger partial charge in [0.05, 0.1) is 13.0 Å². The predicted octanol–water partition coefficient (Wildman–Crippen LogP) is 2.87. The highest BCUT2D eigenvalue weighted by Gasteiger charge is 2.34. The molecule has 0 amide bonds. The molecule has 0 atom stereocenters. The number of aromatic nitrogens is 2. The molecule has 0 unspecified atom stereocenters. The first-order valence-corrected chi connectivity index (χ1v) is 4.95. The number of alkyl halides is 6. The van der Waals surface area contributed by atoms with Crippen molar-refractivity contribution in [3.8, 4) is 5.88 Å². The van der Waals surface area contributed by atoms with E-state index in [1.165, 1.54) is 7.05 Å². The Morgan fingerprint density at radius 3 is 2.26 bits per heavy atom. The fraction of sp³-hybridized carbons (Fsp3) is 0.556. The molecule has 0 aromatic carbocycles. The van der Waals surface area contributed by atoms with Gasteiger partial charge in [-0.05, 0) is 0 Å². The van der Waals surface area contributed by atoms with Gasteiger partial charge in [-0.3, -0.25) is 0 Å². The first kappa shape index (κ1) is 15.3. The number of halogens is 6. The van der Waals surface area contributed by atoms with Crippen LogP contribution < -0.4 is 10.1 Å². The molecule has 0 radical (unpaired) electrons. The number of ether oxygens (including phenoxy) is 1. The Labute approximate surface area is 103 Å². The molecule has 0 aliphatic carbocycles. The molecule has 10 heteroatoms. The summed E-state index contributed by atoms with van der Waals surface area (Å²) in [7, 11) is 1.27. The van der Waals surface area contributed by atoms with Crippen LogP contribution in [0.3, 0.4) is 0 Å². The molecular weight excluding hydrogens is 280 g/mol. The second-order valence-electron chi connectivity index (χ2n) is 3.38. The van der Waals surface area contributed by atoms with Gasteiger partial charge >= 0.3 is 12.4 Å². The van der Waals surface area contributed by atoms with Crippen LogP contribution in [-0.2, 0) is 6.18 Å². The van der Waals surface area contributed by atoms with Gasteiger partial charge in [0.1, 0.15) is 0 Å². The number of nitrogens with one attached hydrogen (secondary N) is 1. The fourth-order valence-corrected chi connectivity index (χ4v) is 1.03. The molecule has 4 nitrogen and oxygen atoms in total. The summed E-state index contributed by atoms with van der Waals surface area (Å²) in [6.45, 7) is -0.818. The average Bonchev–Trinajstić information content (AvgIpc) is 2.25. The third-order valence-electron chi connectivity index (χ3n) is 1.85.